The number of imidazole rings is 1. The van der Waals surface area contributed by atoms with Crippen LogP contribution >= 0.6 is 0 Å². The minimum Gasteiger partial charge on any atom is -0.346 e. The minimum absolute atomic E-state index is 0.0681. The molecule has 0 bridgehead atoms. The first kappa shape index (κ1) is 19.2. The number of benzene rings is 2. The van der Waals surface area contributed by atoms with Gasteiger partial charge in [0.05, 0.1) is 17.1 Å². The molecule has 0 spiro atoms. The van der Waals surface area contributed by atoms with E-state index in [0.29, 0.717) is 6.42 Å². The molecule has 1 N–H and O–H groups in total. The van der Waals surface area contributed by atoms with Crippen LogP contribution in [0.15, 0.2) is 54.6 Å². The number of hydrogen-bond donors (Lipinski definition) is 1. The third-order valence-electron chi connectivity index (χ3n) is 4.92. The summed E-state index contributed by atoms with van der Waals surface area (Å²) in [7, 11) is 0. The fourth-order valence-corrected chi connectivity index (χ4v) is 3.46. The molecule has 3 aromatic rings. The van der Waals surface area contributed by atoms with E-state index in [1.165, 1.54) is 18.4 Å². The maximum Gasteiger partial charge on any atom is 0.220 e. The minimum atomic E-state index is -0.109. The van der Waals surface area contributed by atoms with Crippen molar-refractivity contribution in [3.63, 3.8) is 0 Å². The first-order valence-electron chi connectivity index (χ1n) is 9.97. The number of rotatable bonds is 9. The molecule has 0 aliphatic carbocycles. The summed E-state index contributed by atoms with van der Waals surface area (Å²) >= 11 is 0. The van der Waals surface area contributed by atoms with Gasteiger partial charge in [-0.2, -0.15) is 0 Å². The van der Waals surface area contributed by atoms with Gasteiger partial charge in [0.15, 0.2) is 0 Å². The van der Waals surface area contributed by atoms with Crippen molar-refractivity contribution in [2.75, 3.05) is 0 Å². The molecule has 142 valence electrons. The summed E-state index contributed by atoms with van der Waals surface area (Å²) in [6.45, 7) is 5.17. The number of amides is 1. The third kappa shape index (κ3) is 4.97. The van der Waals surface area contributed by atoms with E-state index in [-0.39, 0.29) is 11.9 Å². The summed E-state index contributed by atoms with van der Waals surface area (Å²) in [6.07, 6.45) is 4.76. The van der Waals surface area contributed by atoms with E-state index in [1.807, 2.05) is 43.3 Å². The van der Waals surface area contributed by atoms with E-state index in [0.717, 1.165) is 36.2 Å². The zero-order valence-electron chi connectivity index (χ0n) is 16.3. The smallest absolute Gasteiger partial charge is 0.220 e. The van der Waals surface area contributed by atoms with Gasteiger partial charge in [-0.1, -0.05) is 62.2 Å². The molecule has 0 radical (unpaired) electrons. The van der Waals surface area contributed by atoms with E-state index in [1.54, 1.807) is 0 Å². The normalized spacial score (nSPS) is 12.2. The van der Waals surface area contributed by atoms with Gasteiger partial charge in [-0.25, -0.2) is 4.98 Å². The molecule has 1 aromatic heterocycles. The molecule has 4 nitrogen and oxygen atoms in total. The number of hydrogen-bond acceptors (Lipinski definition) is 2. The lowest BCUT2D eigenvalue weighted by molar-refractivity contribution is -0.121. The van der Waals surface area contributed by atoms with Gasteiger partial charge in [0.1, 0.15) is 5.82 Å². The molecule has 1 unspecified atom stereocenters. The van der Waals surface area contributed by atoms with E-state index in [9.17, 15) is 4.79 Å². The second-order valence-electron chi connectivity index (χ2n) is 7.09. The van der Waals surface area contributed by atoms with Crippen molar-refractivity contribution in [1.82, 2.24) is 14.9 Å². The monoisotopic (exact) mass is 363 g/mol. The quantitative estimate of drug-likeness (QED) is 0.542. The zero-order chi connectivity index (χ0) is 19.1. The molecule has 0 aliphatic heterocycles. The number of carbonyl (C=O) groups is 1. The van der Waals surface area contributed by atoms with Crippen molar-refractivity contribution in [2.24, 2.45) is 0 Å². The van der Waals surface area contributed by atoms with Crippen LogP contribution in [0.4, 0.5) is 0 Å². The highest BCUT2D eigenvalue weighted by Crippen LogP contribution is 2.22. The second kappa shape index (κ2) is 9.36. The molecular formula is C23H29N3O. The van der Waals surface area contributed by atoms with Gasteiger partial charge in [0, 0.05) is 13.0 Å². The number of aromatic nitrogens is 2. The van der Waals surface area contributed by atoms with Crippen molar-refractivity contribution in [1.29, 1.82) is 0 Å². The van der Waals surface area contributed by atoms with E-state index in [4.69, 9.17) is 4.98 Å². The Hall–Kier alpha value is -2.62. The second-order valence-corrected chi connectivity index (χ2v) is 7.09. The van der Waals surface area contributed by atoms with Gasteiger partial charge in [0.2, 0.25) is 5.91 Å². The summed E-state index contributed by atoms with van der Waals surface area (Å²) in [5, 5.41) is 3.14. The van der Waals surface area contributed by atoms with Crippen LogP contribution in [0, 0.1) is 0 Å². The summed E-state index contributed by atoms with van der Waals surface area (Å²) in [6, 6.07) is 18.2. The highest BCUT2D eigenvalue weighted by atomic mass is 16.1. The maximum absolute atomic E-state index is 12.4. The summed E-state index contributed by atoms with van der Waals surface area (Å²) < 4.78 is 2.27. The highest BCUT2D eigenvalue weighted by Gasteiger charge is 2.18. The maximum atomic E-state index is 12.4. The predicted octanol–water partition coefficient (Wildman–Crippen LogP) is 5.04. The first-order chi connectivity index (χ1) is 13.2. The van der Waals surface area contributed by atoms with E-state index in [2.05, 4.69) is 35.0 Å². The van der Waals surface area contributed by atoms with Crippen molar-refractivity contribution in [2.45, 2.75) is 58.5 Å². The molecular weight excluding hydrogens is 334 g/mol. The Bertz CT molecular complexity index is 870. The third-order valence-corrected chi connectivity index (χ3v) is 4.92. The molecule has 27 heavy (non-hydrogen) atoms. The number of aryl methyl sites for hydroxylation is 2. The van der Waals surface area contributed by atoms with E-state index < -0.39 is 0 Å². The number of para-hydroxylation sites is 2. The Kier molecular flexibility index (Phi) is 6.64. The SMILES string of the molecule is CCCCCn1c(C(C)NC(=O)CCc2ccccc2)nc2ccccc21. The topological polar surface area (TPSA) is 46.9 Å². The van der Waals surface area contributed by atoms with Crippen LogP contribution in [0.25, 0.3) is 11.0 Å². The lowest BCUT2D eigenvalue weighted by atomic mass is 10.1. The number of fused-ring (bicyclic) bond motifs is 1. The Morgan fingerprint density at radius 1 is 1.07 bits per heavy atom. The average Bonchev–Trinajstić information content (AvgIpc) is 3.06. The van der Waals surface area contributed by atoms with Crippen molar-refractivity contribution >= 4 is 16.9 Å². The molecule has 1 amide bonds. The fraction of sp³-hybridized carbons (Fsp3) is 0.391. The summed E-state index contributed by atoms with van der Waals surface area (Å²) in [5.74, 6) is 1.01. The number of carbonyl (C=O) groups excluding carboxylic acids is 1. The number of unbranched alkanes of at least 4 members (excludes halogenated alkanes) is 2. The Morgan fingerprint density at radius 2 is 1.81 bits per heavy atom. The highest BCUT2D eigenvalue weighted by molar-refractivity contribution is 5.78. The zero-order valence-corrected chi connectivity index (χ0v) is 16.3. The molecule has 2 aromatic carbocycles. The van der Waals surface area contributed by atoms with Crippen LogP contribution in [-0.4, -0.2) is 15.5 Å². The van der Waals surface area contributed by atoms with Gasteiger partial charge in [0.25, 0.3) is 0 Å². The van der Waals surface area contributed by atoms with Crippen LogP contribution < -0.4 is 5.32 Å². The number of nitrogens with zero attached hydrogens (tertiary/aromatic N) is 2. The Labute approximate surface area is 161 Å². The van der Waals surface area contributed by atoms with Crippen LogP contribution in [0.1, 0.15) is 57.0 Å². The van der Waals surface area contributed by atoms with Crippen LogP contribution in [0.2, 0.25) is 0 Å². The molecule has 0 saturated heterocycles. The predicted molar refractivity (Wildman–Crippen MR) is 111 cm³/mol. The average molecular weight is 364 g/mol. The van der Waals surface area contributed by atoms with Crippen molar-refractivity contribution in [3.05, 3.63) is 66.0 Å². The molecule has 0 aliphatic rings. The van der Waals surface area contributed by atoms with Crippen LogP contribution in [0.3, 0.4) is 0 Å². The van der Waals surface area contributed by atoms with Crippen LogP contribution in [-0.2, 0) is 17.8 Å². The molecule has 0 fully saturated rings. The summed E-state index contributed by atoms with van der Waals surface area (Å²) in [5.41, 5.74) is 3.33. The van der Waals surface area contributed by atoms with Gasteiger partial charge in [-0.05, 0) is 37.5 Å². The van der Waals surface area contributed by atoms with Gasteiger partial charge >= 0.3 is 0 Å². The molecule has 3 rings (SSSR count). The van der Waals surface area contributed by atoms with Gasteiger partial charge in [-0.3, -0.25) is 4.79 Å². The molecule has 1 heterocycles. The van der Waals surface area contributed by atoms with Crippen molar-refractivity contribution in [3.8, 4) is 0 Å². The van der Waals surface area contributed by atoms with Gasteiger partial charge < -0.3 is 9.88 Å². The first-order valence-corrected chi connectivity index (χ1v) is 9.97. The molecule has 4 heteroatoms. The molecule has 1 atom stereocenters. The Morgan fingerprint density at radius 3 is 2.59 bits per heavy atom. The van der Waals surface area contributed by atoms with Gasteiger partial charge in [-0.15, -0.1) is 0 Å². The largest absolute Gasteiger partial charge is 0.346 e. The lowest BCUT2D eigenvalue weighted by Gasteiger charge is -2.16. The fourth-order valence-electron chi connectivity index (χ4n) is 3.46. The Balaban J connectivity index is 1.69. The number of nitrogens with one attached hydrogen (secondary N) is 1. The molecule has 0 saturated carbocycles. The van der Waals surface area contributed by atoms with Crippen LogP contribution in [0.5, 0.6) is 0 Å². The van der Waals surface area contributed by atoms with Crippen molar-refractivity contribution < 1.29 is 4.79 Å². The standard InChI is InChI=1S/C23H29N3O/c1-3-4-10-17-26-21-14-9-8-13-20(21)25-23(26)18(2)24-22(27)16-15-19-11-6-5-7-12-19/h5-9,11-14,18H,3-4,10,15-17H2,1-2H3,(H,24,27). The lowest BCUT2D eigenvalue weighted by Crippen LogP contribution is -2.29. The van der Waals surface area contributed by atoms with E-state index >= 15 is 0 Å². The summed E-state index contributed by atoms with van der Waals surface area (Å²) in [4.78, 5) is 17.2.